The minimum atomic E-state index is -1.56. The Morgan fingerprint density at radius 2 is 1.39 bits per heavy atom. The maximum absolute atomic E-state index is 14.5. The van der Waals surface area contributed by atoms with Crippen molar-refractivity contribution in [2.75, 3.05) is 19.3 Å². The van der Waals surface area contributed by atoms with E-state index in [1.807, 2.05) is 60.5 Å². The molecular formula is C27H20BrNO3S. The van der Waals surface area contributed by atoms with Crippen LogP contribution in [-0.2, 0) is 0 Å². The zero-order valence-corrected chi connectivity index (χ0v) is 20.3. The van der Waals surface area contributed by atoms with Crippen LogP contribution in [0.15, 0.2) is 82.2 Å². The second-order valence-corrected chi connectivity index (χ2v) is 10.8. The summed E-state index contributed by atoms with van der Waals surface area (Å²) in [4.78, 5) is 45.7. The Kier molecular flexibility index (Phi) is 4.60. The van der Waals surface area contributed by atoms with Crippen LogP contribution in [0.5, 0.6) is 0 Å². The van der Waals surface area contributed by atoms with Gasteiger partial charge in [0.2, 0.25) is 0 Å². The second-order valence-electron chi connectivity index (χ2n) is 8.95. The minimum Gasteiger partial charge on any atom is -0.293 e. The van der Waals surface area contributed by atoms with Gasteiger partial charge < -0.3 is 0 Å². The number of carbonyl (C=O) groups is 3. The fraction of sp³-hybridized carbons (Fsp3) is 0.222. The molecule has 0 N–H and O–H groups in total. The predicted molar refractivity (Wildman–Crippen MR) is 131 cm³/mol. The molecule has 3 aromatic carbocycles. The topological polar surface area (TPSA) is 54.5 Å². The Morgan fingerprint density at radius 1 is 0.818 bits per heavy atom. The lowest BCUT2D eigenvalue weighted by Gasteiger charge is -2.47. The molecular weight excluding hydrogens is 498 g/mol. The van der Waals surface area contributed by atoms with Gasteiger partial charge in [-0.1, -0.05) is 76.6 Å². The molecule has 3 aromatic rings. The van der Waals surface area contributed by atoms with Crippen molar-refractivity contribution >= 4 is 45.0 Å². The van der Waals surface area contributed by atoms with Crippen LogP contribution in [0.1, 0.15) is 42.6 Å². The van der Waals surface area contributed by atoms with Crippen molar-refractivity contribution in [3.05, 3.63) is 99.5 Å². The molecule has 164 valence electrons. The van der Waals surface area contributed by atoms with E-state index >= 15 is 0 Å². The van der Waals surface area contributed by atoms with Gasteiger partial charge in [-0.15, -0.1) is 11.8 Å². The van der Waals surface area contributed by atoms with Crippen LogP contribution in [0.3, 0.4) is 0 Å². The molecule has 0 unspecified atom stereocenters. The smallest absolute Gasteiger partial charge is 0.192 e. The fourth-order valence-electron chi connectivity index (χ4n) is 6.21. The molecule has 0 radical (unpaired) electrons. The number of rotatable bonds is 1. The number of fused-ring (bicyclic) bond motifs is 3. The minimum absolute atomic E-state index is 0.114. The maximum atomic E-state index is 14.5. The summed E-state index contributed by atoms with van der Waals surface area (Å²) in [6.07, 6.45) is 0. The molecule has 2 aliphatic heterocycles. The van der Waals surface area contributed by atoms with Crippen LogP contribution in [0.4, 0.5) is 0 Å². The second kappa shape index (κ2) is 7.23. The largest absolute Gasteiger partial charge is 0.293 e. The quantitative estimate of drug-likeness (QED) is 0.411. The zero-order chi connectivity index (χ0) is 23.0. The summed E-state index contributed by atoms with van der Waals surface area (Å²) < 4.78 is 0.881. The van der Waals surface area contributed by atoms with E-state index in [1.165, 1.54) is 0 Å². The zero-order valence-electron chi connectivity index (χ0n) is 17.9. The maximum Gasteiger partial charge on any atom is 0.192 e. The van der Waals surface area contributed by atoms with Crippen molar-refractivity contribution in [2.24, 2.45) is 5.41 Å². The Hall–Kier alpha value is -2.54. The number of halogens is 1. The standard InChI is InChI=1S/C27H20BrNO3S/c1-29-14-20(18-10-4-6-12-21(18)28)26(15-33-22-13-7-5-11-19(22)23(26)30)27(29)24(31)16-8-2-3-9-17(16)25(27)32/h2-13,20H,14-15H2,1H3/t20-,26+/m0/s1. The summed E-state index contributed by atoms with van der Waals surface area (Å²) in [5, 5.41) is 0. The number of nitrogens with zero attached hydrogens (tertiary/aromatic N) is 1. The van der Waals surface area contributed by atoms with Gasteiger partial charge in [-0.3, -0.25) is 19.3 Å². The van der Waals surface area contributed by atoms with E-state index in [9.17, 15) is 14.4 Å². The van der Waals surface area contributed by atoms with Crippen molar-refractivity contribution in [3.63, 3.8) is 0 Å². The number of ketones is 3. The number of likely N-dealkylation sites (N-methyl/N-ethyl adjacent to an activating group) is 1. The molecule has 33 heavy (non-hydrogen) atoms. The van der Waals surface area contributed by atoms with Crippen molar-refractivity contribution in [2.45, 2.75) is 16.4 Å². The third-order valence-corrected chi connectivity index (χ3v) is 9.60. The summed E-state index contributed by atoms with van der Waals surface area (Å²) >= 11 is 5.25. The number of carbonyl (C=O) groups excluding carboxylic acids is 3. The van der Waals surface area contributed by atoms with Crippen molar-refractivity contribution in [3.8, 4) is 0 Å². The number of Topliss-reactive ketones (excluding diaryl/α,β-unsaturated/α-hetero) is 3. The Labute approximate surface area is 204 Å². The summed E-state index contributed by atoms with van der Waals surface area (Å²) in [7, 11) is 1.82. The van der Waals surface area contributed by atoms with E-state index in [4.69, 9.17) is 0 Å². The summed E-state index contributed by atoms with van der Waals surface area (Å²) in [6, 6.07) is 22.4. The first kappa shape index (κ1) is 21.0. The highest BCUT2D eigenvalue weighted by Gasteiger charge is 2.76. The van der Waals surface area contributed by atoms with Gasteiger partial charge in [0.1, 0.15) is 0 Å². The highest BCUT2D eigenvalue weighted by atomic mass is 79.9. The van der Waals surface area contributed by atoms with Crippen LogP contribution in [0.25, 0.3) is 0 Å². The monoisotopic (exact) mass is 517 g/mol. The van der Waals surface area contributed by atoms with Crippen molar-refractivity contribution < 1.29 is 14.4 Å². The summed E-state index contributed by atoms with van der Waals surface area (Å²) in [6.45, 7) is 0.433. The van der Waals surface area contributed by atoms with E-state index < -0.39 is 11.0 Å². The van der Waals surface area contributed by atoms with E-state index in [2.05, 4.69) is 15.9 Å². The van der Waals surface area contributed by atoms with Gasteiger partial charge >= 0.3 is 0 Å². The number of hydrogen-bond acceptors (Lipinski definition) is 5. The van der Waals surface area contributed by atoms with Gasteiger partial charge in [-0.25, -0.2) is 0 Å². The lowest BCUT2D eigenvalue weighted by molar-refractivity contribution is 0.0361. The van der Waals surface area contributed by atoms with E-state index in [0.717, 1.165) is 14.9 Å². The lowest BCUT2D eigenvalue weighted by atomic mass is 9.58. The molecule has 0 saturated carbocycles. The van der Waals surface area contributed by atoms with Crippen LogP contribution in [-0.4, -0.2) is 47.1 Å². The van der Waals surface area contributed by atoms with Gasteiger partial charge in [0, 0.05) is 44.3 Å². The summed E-state index contributed by atoms with van der Waals surface area (Å²) in [5.41, 5.74) is -0.411. The van der Waals surface area contributed by atoms with Gasteiger partial charge in [-0.05, 0) is 24.7 Å². The Balaban J connectivity index is 1.68. The molecule has 2 spiro atoms. The third kappa shape index (κ3) is 2.44. The third-order valence-electron chi connectivity index (χ3n) is 7.62. The van der Waals surface area contributed by atoms with Gasteiger partial charge in [-0.2, -0.15) is 0 Å². The van der Waals surface area contributed by atoms with Crippen molar-refractivity contribution in [1.29, 1.82) is 0 Å². The molecule has 0 bridgehead atoms. The first-order valence-corrected chi connectivity index (χ1v) is 12.6. The predicted octanol–water partition coefficient (Wildman–Crippen LogP) is 5.27. The Morgan fingerprint density at radius 3 is 2.06 bits per heavy atom. The number of hydrogen-bond donors (Lipinski definition) is 0. The van der Waals surface area contributed by atoms with E-state index in [-0.39, 0.29) is 23.3 Å². The number of thioether (sulfide) groups is 1. The molecule has 1 fully saturated rings. The molecule has 0 amide bonds. The normalized spacial score (nSPS) is 25.6. The van der Waals surface area contributed by atoms with Gasteiger partial charge in [0.05, 0.1) is 5.41 Å². The average Bonchev–Trinajstić information content (AvgIpc) is 3.23. The van der Waals surface area contributed by atoms with Gasteiger partial charge in [0.25, 0.3) is 0 Å². The van der Waals surface area contributed by atoms with Crippen LogP contribution >= 0.6 is 27.7 Å². The lowest BCUT2D eigenvalue weighted by Crippen LogP contribution is -2.66. The molecule has 1 aliphatic carbocycles. The highest BCUT2D eigenvalue weighted by Crippen LogP contribution is 2.63. The first-order chi connectivity index (χ1) is 15.9. The molecule has 6 heteroatoms. The molecule has 2 heterocycles. The van der Waals surface area contributed by atoms with Gasteiger partial charge in [0.15, 0.2) is 22.9 Å². The molecule has 0 aromatic heterocycles. The van der Waals surface area contributed by atoms with Crippen molar-refractivity contribution in [1.82, 2.24) is 4.90 Å². The SMILES string of the molecule is CN1C[C@@H](c2ccccc2Br)[C@@]2(CSc3ccccc3C2=O)C12C(=O)c1ccccc1C2=O. The fourth-order valence-corrected chi connectivity index (χ4v) is 8.19. The Bertz CT molecular complexity index is 1330. The molecule has 4 nitrogen and oxygen atoms in total. The van der Waals surface area contributed by atoms with Crippen LogP contribution in [0, 0.1) is 5.41 Å². The number of benzene rings is 3. The van der Waals surface area contributed by atoms with Crippen LogP contribution < -0.4 is 0 Å². The van der Waals surface area contributed by atoms with E-state index in [0.29, 0.717) is 29.0 Å². The molecule has 1 saturated heterocycles. The molecule has 2 atom stereocenters. The number of likely N-dealkylation sites (tertiary alicyclic amines) is 1. The average molecular weight is 518 g/mol. The van der Waals surface area contributed by atoms with Crippen LogP contribution in [0.2, 0.25) is 0 Å². The molecule has 6 rings (SSSR count). The molecule has 3 aliphatic rings. The van der Waals surface area contributed by atoms with E-state index in [1.54, 1.807) is 36.0 Å². The highest BCUT2D eigenvalue weighted by molar-refractivity contribution is 9.10. The summed E-state index contributed by atoms with van der Waals surface area (Å²) in [5.74, 6) is -0.586. The first-order valence-electron chi connectivity index (χ1n) is 10.9.